The van der Waals surface area contributed by atoms with Crippen molar-refractivity contribution in [1.29, 1.82) is 0 Å². The Morgan fingerprint density at radius 1 is 1.02 bits per heavy atom. The quantitative estimate of drug-likeness (QED) is 0.136. The van der Waals surface area contributed by atoms with Gasteiger partial charge in [0.1, 0.15) is 17.1 Å². The second-order valence-corrected chi connectivity index (χ2v) is 13.8. The van der Waals surface area contributed by atoms with E-state index in [9.17, 15) is 34.8 Å². The van der Waals surface area contributed by atoms with Gasteiger partial charge >= 0.3 is 0 Å². The molecule has 12 heteroatoms. The minimum absolute atomic E-state index is 0.0192. The summed E-state index contributed by atoms with van der Waals surface area (Å²) in [4.78, 5) is 43.1. The number of primary amides is 1. The van der Waals surface area contributed by atoms with Gasteiger partial charge in [-0.05, 0) is 69.2 Å². The Hall–Kier alpha value is -3.61. The number of nitrogens with two attached hydrogens (primary N) is 2. The fourth-order valence-corrected chi connectivity index (χ4v) is 7.48. The van der Waals surface area contributed by atoms with Gasteiger partial charge in [0.15, 0.2) is 17.1 Å². The van der Waals surface area contributed by atoms with Crippen LogP contribution in [0.25, 0.3) is 5.76 Å². The van der Waals surface area contributed by atoms with Gasteiger partial charge in [-0.3, -0.25) is 19.3 Å². The molecule has 1 aromatic rings. The number of Topliss-reactive ketones (excluding diaryl/α,β-unsaturated/α-hetero) is 2. The van der Waals surface area contributed by atoms with E-state index in [1.165, 1.54) is 9.91 Å². The highest BCUT2D eigenvalue weighted by atomic mass is 16.3. The van der Waals surface area contributed by atoms with Crippen molar-refractivity contribution in [2.75, 3.05) is 38.1 Å². The van der Waals surface area contributed by atoms with Crippen molar-refractivity contribution < 1.29 is 34.8 Å². The predicted octanol–water partition coefficient (Wildman–Crippen LogP) is 2.17. The van der Waals surface area contributed by atoms with Crippen LogP contribution in [-0.4, -0.2) is 88.7 Å². The fourth-order valence-electron chi connectivity index (χ4n) is 7.48. The number of phenols is 1. The molecule has 0 aliphatic heterocycles. The molecule has 0 bridgehead atoms. The second kappa shape index (κ2) is 11.7. The number of amides is 1. The van der Waals surface area contributed by atoms with E-state index in [4.69, 9.17) is 11.6 Å². The summed E-state index contributed by atoms with van der Waals surface area (Å²) in [5.41, 5.74) is 3.25. The molecule has 1 saturated carbocycles. The van der Waals surface area contributed by atoms with E-state index in [1.807, 2.05) is 19.0 Å². The summed E-state index contributed by atoms with van der Waals surface area (Å²) in [5, 5.41) is 48.0. The normalized spacial score (nSPS) is 25.2. The van der Waals surface area contributed by atoms with Crippen LogP contribution in [-0.2, 0) is 20.8 Å². The van der Waals surface area contributed by atoms with Crippen LogP contribution in [0.15, 0.2) is 23.0 Å². The van der Waals surface area contributed by atoms with E-state index in [0.717, 1.165) is 12.8 Å². The average Bonchev–Trinajstić information content (AvgIpc) is 2.89. The maximum absolute atomic E-state index is 14.2. The monoisotopic (exact) mass is 613 g/mol. The number of nitrogens with zero attached hydrogens (tertiary/aromatic N) is 3. The molecule has 0 unspecified atom stereocenters. The number of hydrogen-bond acceptors (Lipinski definition) is 11. The Balaban J connectivity index is 1.96. The number of benzene rings is 1. The lowest BCUT2D eigenvalue weighted by Gasteiger charge is -2.50. The summed E-state index contributed by atoms with van der Waals surface area (Å²) in [6.07, 6.45) is 1.73. The topological polar surface area (TPSA) is 194 Å². The van der Waals surface area contributed by atoms with Gasteiger partial charge < -0.3 is 36.1 Å². The van der Waals surface area contributed by atoms with Crippen molar-refractivity contribution in [3.63, 3.8) is 0 Å². The molecule has 12 nitrogen and oxygen atoms in total. The molecule has 3 aliphatic carbocycles. The molecule has 4 rings (SSSR count). The molecular formula is C32H47N5O7. The Morgan fingerprint density at radius 2 is 1.59 bits per heavy atom. The van der Waals surface area contributed by atoms with Gasteiger partial charge in [0.05, 0.1) is 17.3 Å². The number of aromatic hydroxyl groups is 1. The molecule has 0 heterocycles. The van der Waals surface area contributed by atoms with Gasteiger partial charge in [-0.25, -0.2) is 5.84 Å². The highest BCUT2D eigenvalue weighted by Gasteiger charge is 2.64. The summed E-state index contributed by atoms with van der Waals surface area (Å²) in [6, 6.07) is 0.512. The third kappa shape index (κ3) is 5.12. The Labute approximate surface area is 258 Å². The molecule has 3 aliphatic rings. The summed E-state index contributed by atoms with van der Waals surface area (Å²) in [6.45, 7) is 8.37. The lowest BCUT2D eigenvalue weighted by atomic mass is 9.57. The largest absolute Gasteiger partial charge is 0.508 e. The van der Waals surface area contributed by atoms with Crippen molar-refractivity contribution in [3.05, 3.63) is 34.1 Å². The van der Waals surface area contributed by atoms with E-state index in [2.05, 4.69) is 27.7 Å². The van der Waals surface area contributed by atoms with E-state index in [1.54, 1.807) is 20.2 Å². The molecule has 4 atom stereocenters. The summed E-state index contributed by atoms with van der Waals surface area (Å²) in [7, 11) is 6.80. The van der Waals surface area contributed by atoms with Gasteiger partial charge in [-0.1, -0.05) is 27.7 Å². The van der Waals surface area contributed by atoms with Crippen LogP contribution >= 0.6 is 0 Å². The summed E-state index contributed by atoms with van der Waals surface area (Å²) >= 11 is 0. The zero-order valence-electron chi connectivity index (χ0n) is 26.9. The molecule has 0 saturated heterocycles. The van der Waals surface area contributed by atoms with Crippen molar-refractivity contribution in [1.82, 2.24) is 4.90 Å². The molecule has 1 amide bonds. The smallest absolute Gasteiger partial charge is 0.255 e. The highest BCUT2D eigenvalue weighted by molar-refractivity contribution is 6.24. The van der Waals surface area contributed by atoms with Crippen molar-refractivity contribution in [2.45, 2.75) is 71.1 Å². The number of phenolic OH excluding ortho intramolecular Hbond substituents is 1. The minimum Gasteiger partial charge on any atom is -0.508 e. The SMILES string of the molecule is CC(C)CC(CC(C)C)N(N)c1cc(N(C)C)c2c(c1O)C(O)=C1C(=O)[C@]3(O)C(O)=C(C(N)=O)C(=O)[C@@H](N(C)C)[C@@H]3C[C@@H]1C2. The third-order valence-corrected chi connectivity index (χ3v) is 9.32. The summed E-state index contributed by atoms with van der Waals surface area (Å²) < 4.78 is 0. The number of hydrogen-bond donors (Lipinski definition) is 6. The first-order valence-electron chi connectivity index (χ1n) is 15.1. The highest BCUT2D eigenvalue weighted by Crippen LogP contribution is 2.55. The lowest BCUT2D eigenvalue weighted by molar-refractivity contribution is -0.153. The van der Waals surface area contributed by atoms with E-state index >= 15 is 0 Å². The van der Waals surface area contributed by atoms with Gasteiger partial charge in [-0.2, -0.15) is 0 Å². The zero-order chi connectivity index (χ0) is 33.2. The van der Waals surface area contributed by atoms with Crippen LogP contribution in [0.4, 0.5) is 11.4 Å². The van der Waals surface area contributed by atoms with Crippen LogP contribution < -0.4 is 21.5 Å². The molecule has 1 fully saturated rings. The average molecular weight is 614 g/mol. The van der Waals surface area contributed by atoms with Crippen molar-refractivity contribution in [3.8, 4) is 5.75 Å². The lowest BCUT2D eigenvalue weighted by Crippen LogP contribution is -2.65. The Bertz CT molecular complexity index is 1440. The third-order valence-electron chi connectivity index (χ3n) is 9.32. The summed E-state index contributed by atoms with van der Waals surface area (Å²) in [5.74, 6) is 0.486. The fraction of sp³-hybridized carbons (Fsp3) is 0.594. The van der Waals surface area contributed by atoms with Crippen LogP contribution in [0, 0.1) is 23.7 Å². The second-order valence-electron chi connectivity index (χ2n) is 13.8. The Kier molecular flexibility index (Phi) is 8.86. The number of likely N-dealkylation sites (N-methyl/N-ethyl adjacent to an activating group) is 1. The minimum atomic E-state index is -2.69. The van der Waals surface area contributed by atoms with Crippen LogP contribution in [0.3, 0.4) is 0 Å². The molecular weight excluding hydrogens is 566 g/mol. The van der Waals surface area contributed by atoms with Gasteiger partial charge in [0.25, 0.3) is 5.91 Å². The molecule has 1 aromatic carbocycles. The standard InChI is InChI=1S/C32H47N5O7/c1-14(2)9-17(10-15(3)4)37(34)21-13-20(35(5)6)18-11-16-12-19-25(36(7)8)28(40)24(31(33)43)30(42)32(19,44)29(41)22(16)27(39)23(18)26(21)38/h13-17,19,25,38-39,42,44H,9-12,34H2,1-8H3,(H2,33,43)/t16-,19-,25-,32-/m0/s1. The predicted molar refractivity (Wildman–Crippen MR) is 168 cm³/mol. The maximum atomic E-state index is 14.2. The molecule has 242 valence electrons. The van der Waals surface area contributed by atoms with Crippen LogP contribution in [0.1, 0.15) is 58.1 Å². The van der Waals surface area contributed by atoms with Crippen molar-refractivity contribution in [2.24, 2.45) is 35.2 Å². The number of aliphatic hydroxyl groups is 3. The number of fused-ring (bicyclic) bond motifs is 3. The van der Waals surface area contributed by atoms with Crippen LogP contribution in [0.2, 0.25) is 0 Å². The number of anilines is 2. The number of carbonyl (C=O) groups is 3. The number of rotatable bonds is 9. The van der Waals surface area contributed by atoms with Crippen LogP contribution in [0.5, 0.6) is 5.75 Å². The van der Waals surface area contributed by atoms with E-state index in [0.29, 0.717) is 23.1 Å². The van der Waals surface area contributed by atoms with Gasteiger partial charge in [0, 0.05) is 37.3 Å². The maximum Gasteiger partial charge on any atom is 0.255 e. The molecule has 44 heavy (non-hydrogen) atoms. The first-order chi connectivity index (χ1) is 20.4. The van der Waals surface area contributed by atoms with Gasteiger partial charge in [-0.15, -0.1) is 0 Å². The number of aliphatic hydroxyl groups excluding tert-OH is 2. The Morgan fingerprint density at radius 3 is 2.07 bits per heavy atom. The number of carbonyl (C=O) groups excluding carboxylic acids is 3. The van der Waals surface area contributed by atoms with Crippen molar-refractivity contribution >= 4 is 34.6 Å². The first-order valence-corrected chi connectivity index (χ1v) is 15.1. The molecule has 0 spiro atoms. The first kappa shape index (κ1) is 33.3. The molecule has 8 N–H and O–H groups in total. The van der Waals surface area contributed by atoms with E-state index in [-0.39, 0.29) is 41.5 Å². The molecule has 0 radical (unpaired) electrons. The van der Waals surface area contributed by atoms with E-state index < -0.39 is 58.0 Å². The van der Waals surface area contributed by atoms with Gasteiger partial charge in [0.2, 0.25) is 5.78 Å². The number of ketones is 2. The molecule has 0 aromatic heterocycles. The zero-order valence-corrected chi connectivity index (χ0v) is 26.9. The number of hydrazine groups is 1.